The Hall–Kier alpha value is -2.31. The summed E-state index contributed by atoms with van der Waals surface area (Å²) >= 11 is 6.64. The van der Waals surface area contributed by atoms with Crippen LogP contribution in [0.5, 0.6) is 5.75 Å². The molecule has 4 nitrogen and oxygen atoms in total. The Morgan fingerprint density at radius 1 is 1.27 bits per heavy atom. The van der Waals surface area contributed by atoms with E-state index < -0.39 is 0 Å². The Labute approximate surface area is 163 Å². The van der Waals surface area contributed by atoms with E-state index in [0.29, 0.717) is 15.8 Å². The number of hydrogen-bond donors (Lipinski definition) is 0. The number of thiocarbonyl (C=S) groups is 1. The summed E-state index contributed by atoms with van der Waals surface area (Å²) in [5, 5.41) is 0. The van der Waals surface area contributed by atoms with E-state index in [9.17, 15) is 4.79 Å². The van der Waals surface area contributed by atoms with E-state index in [0.717, 1.165) is 28.4 Å². The smallest absolute Gasteiger partial charge is 0.266 e. The molecule has 26 heavy (non-hydrogen) atoms. The quantitative estimate of drug-likeness (QED) is 0.432. The van der Waals surface area contributed by atoms with Crippen LogP contribution in [-0.2, 0) is 4.79 Å². The van der Waals surface area contributed by atoms with Gasteiger partial charge in [-0.15, -0.1) is 6.58 Å². The standard InChI is InChI=1S/C20H20N2O2S2/c1-5-10-21-19(23)18(26-20(21)25)12-15-11-13(2)22(14(15)3)16-6-8-17(24-4)9-7-16/h5-9,11-12H,1,10H2,2-4H3. The number of rotatable bonds is 5. The first-order valence-corrected chi connectivity index (χ1v) is 9.38. The van der Waals surface area contributed by atoms with Gasteiger partial charge in [0.05, 0.1) is 12.0 Å². The number of hydrogen-bond acceptors (Lipinski definition) is 4. The highest BCUT2D eigenvalue weighted by molar-refractivity contribution is 8.26. The second-order valence-corrected chi connectivity index (χ2v) is 7.62. The zero-order chi connectivity index (χ0) is 18.8. The molecule has 1 aliphatic heterocycles. The minimum atomic E-state index is -0.0610. The summed E-state index contributed by atoms with van der Waals surface area (Å²) in [6.07, 6.45) is 3.61. The number of aryl methyl sites for hydroxylation is 1. The summed E-state index contributed by atoms with van der Waals surface area (Å²) in [4.78, 5) is 14.8. The third kappa shape index (κ3) is 3.34. The van der Waals surface area contributed by atoms with Crippen molar-refractivity contribution < 1.29 is 9.53 Å². The molecule has 3 rings (SSSR count). The van der Waals surface area contributed by atoms with E-state index in [-0.39, 0.29) is 5.91 Å². The topological polar surface area (TPSA) is 34.5 Å². The Bertz CT molecular complexity index is 911. The molecule has 2 heterocycles. The van der Waals surface area contributed by atoms with Gasteiger partial charge in [-0.3, -0.25) is 9.69 Å². The summed E-state index contributed by atoms with van der Waals surface area (Å²) in [6.45, 7) is 8.22. The second kappa shape index (κ2) is 7.51. The van der Waals surface area contributed by atoms with E-state index in [1.165, 1.54) is 11.8 Å². The predicted molar refractivity (Wildman–Crippen MR) is 112 cm³/mol. The number of nitrogens with zero attached hydrogens (tertiary/aromatic N) is 2. The van der Waals surface area contributed by atoms with Gasteiger partial charge >= 0.3 is 0 Å². The Balaban J connectivity index is 1.96. The van der Waals surface area contributed by atoms with Crippen LogP contribution in [-0.4, -0.2) is 33.3 Å². The Morgan fingerprint density at radius 3 is 2.58 bits per heavy atom. The molecule has 2 aromatic rings. The lowest BCUT2D eigenvalue weighted by molar-refractivity contribution is -0.121. The number of amides is 1. The van der Waals surface area contributed by atoms with E-state index in [1.54, 1.807) is 18.1 Å². The Kier molecular flexibility index (Phi) is 5.34. The molecule has 0 spiro atoms. The third-order valence-corrected chi connectivity index (χ3v) is 5.65. The first kappa shape index (κ1) is 18.5. The molecule has 1 aliphatic rings. The number of aromatic nitrogens is 1. The van der Waals surface area contributed by atoms with Gasteiger partial charge in [0.15, 0.2) is 0 Å². The normalized spacial score (nSPS) is 15.8. The van der Waals surface area contributed by atoms with Crippen LogP contribution in [0.4, 0.5) is 0 Å². The number of ether oxygens (including phenoxy) is 1. The monoisotopic (exact) mass is 384 g/mol. The van der Waals surface area contributed by atoms with Crippen molar-refractivity contribution in [3.63, 3.8) is 0 Å². The largest absolute Gasteiger partial charge is 0.497 e. The predicted octanol–water partition coefficient (Wildman–Crippen LogP) is 4.49. The lowest BCUT2D eigenvalue weighted by atomic mass is 10.2. The molecular weight excluding hydrogens is 364 g/mol. The molecular formula is C20H20N2O2S2. The Morgan fingerprint density at radius 2 is 1.96 bits per heavy atom. The van der Waals surface area contributed by atoms with Gasteiger partial charge in [-0.05, 0) is 55.8 Å². The third-order valence-electron chi connectivity index (χ3n) is 4.27. The molecule has 0 radical (unpaired) electrons. The summed E-state index contributed by atoms with van der Waals surface area (Å²) in [7, 11) is 1.65. The average Bonchev–Trinajstić information content (AvgIpc) is 3.05. The molecule has 0 atom stereocenters. The fourth-order valence-electron chi connectivity index (χ4n) is 2.99. The molecule has 0 saturated carbocycles. The summed E-state index contributed by atoms with van der Waals surface area (Å²) in [5.74, 6) is 0.761. The maximum Gasteiger partial charge on any atom is 0.266 e. The van der Waals surface area contributed by atoms with Gasteiger partial charge in [0.25, 0.3) is 5.91 Å². The lowest BCUT2D eigenvalue weighted by Crippen LogP contribution is -2.27. The van der Waals surface area contributed by atoms with Gasteiger partial charge in [0, 0.05) is 23.6 Å². The lowest BCUT2D eigenvalue weighted by Gasteiger charge is -2.11. The van der Waals surface area contributed by atoms with Crippen molar-refractivity contribution in [2.24, 2.45) is 0 Å². The summed E-state index contributed by atoms with van der Waals surface area (Å²) < 4.78 is 7.96. The molecule has 1 aromatic carbocycles. The molecule has 0 unspecified atom stereocenters. The van der Waals surface area contributed by atoms with Gasteiger partial charge in [0.2, 0.25) is 0 Å². The first-order chi connectivity index (χ1) is 12.5. The maximum atomic E-state index is 12.5. The zero-order valence-corrected chi connectivity index (χ0v) is 16.6. The van der Waals surface area contributed by atoms with Crippen molar-refractivity contribution in [3.8, 4) is 11.4 Å². The van der Waals surface area contributed by atoms with Crippen LogP contribution >= 0.6 is 24.0 Å². The maximum absolute atomic E-state index is 12.5. The molecule has 1 fully saturated rings. The zero-order valence-electron chi connectivity index (χ0n) is 15.0. The highest BCUT2D eigenvalue weighted by Gasteiger charge is 2.31. The highest BCUT2D eigenvalue weighted by atomic mass is 32.2. The van der Waals surface area contributed by atoms with Crippen molar-refractivity contribution in [2.75, 3.05) is 13.7 Å². The number of methoxy groups -OCH3 is 1. The van der Waals surface area contributed by atoms with E-state index in [1.807, 2.05) is 37.3 Å². The van der Waals surface area contributed by atoms with Crippen molar-refractivity contribution >= 4 is 40.3 Å². The van der Waals surface area contributed by atoms with E-state index in [2.05, 4.69) is 24.1 Å². The first-order valence-electron chi connectivity index (χ1n) is 8.16. The summed E-state index contributed by atoms with van der Waals surface area (Å²) in [5.41, 5.74) is 4.24. The van der Waals surface area contributed by atoms with E-state index in [4.69, 9.17) is 17.0 Å². The molecule has 1 aromatic heterocycles. The number of benzene rings is 1. The van der Waals surface area contributed by atoms with Crippen LogP contribution in [0.3, 0.4) is 0 Å². The average molecular weight is 385 g/mol. The van der Waals surface area contributed by atoms with Crippen molar-refractivity contribution in [1.29, 1.82) is 0 Å². The fraction of sp³-hybridized carbons (Fsp3) is 0.200. The minimum absolute atomic E-state index is 0.0610. The van der Waals surface area contributed by atoms with Crippen molar-refractivity contribution in [1.82, 2.24) is 9.47 Å². The van der Waals surface area contributed by atoms with Crippen molar-refractivity contribution in [2.45, 2.75) is 13.8 Å². The molecule has 6 heteroatoms. The molecule has 134 valence electrons. The number of carbonyl (C=O) groups excluding carboxylic acids is 1. The number of carbonyl (C=O) groups is 1. The fourth-order valence-corrected chi connectivity index (χ4v) is 4.26. The van der Waals surface area contributed by atoms with Crippen LogP contribution in [0.1, 0.15) is 17.0 Å². The molecule has 0 N–H and O–H groups in total. The van der Waals surface area contributed by atoms with Gasteiger partial charge in [-0.25, -0.2) is 0 Å². The van der Waals surface area contributed by atoms with Gasteiger partial charge in [-0.1, -0.05) is 30.1 Å². The van der Waals surface area contributed by atoms with Crippen LogP contribution in [0, 0.1) is 13.8 Å². The van der Waals surface area contributed by atoms with Crippen LogP contribution in [0.25, 0.3) is 11.8 Å². The second-order valence-electron chi connectivity index (χ2n) is 5.94. The van der Waals surface area contributed by atoms with Gasteiger partial charge in [-0.2, -0.15) is 0 Å². The molecule has 0 aliphatic carbocycles. The SMILES string of the molecule is C=CCN1C(=O)C(=Cc2cc(C)n(-c3ccc(OC)cc3)c2C)SC1=S. The van der Waals surface area contributed by atoms with Crippen LogP contribution in [0.15, 0.2) is 47.9 Å². The number of thioether (sulfide) groups is 1. The molecule has 0 bridgehead atoms. The van der Waals surface area contributed by atoms with Crippen molar-refractivity contribution in [3.05, 3.63) is 64.8 Å². The molecule has 1 amide bonds. The van der Waals surface area contributed by atoms with Gasteiger partial charge in [0.1, 0.15) is 10.1 Å². The van der Waals surface area contributed by atoms with E-state index >= 15 is 0 Å². The summed E-state index contributed by atoms with van der Waals surface area (Å²) in [6, 6.07) is 10.0. The van der Waals surface area contributed by atoms with Crippen LogP contribution < -0.4 is 4.74 Å². The minimum Gasteiger partial charge on any atom is -0.497 e. The molecule has 1 saturated heterocycles. The highest BCUT2D eigenvalue weighted by Crippen LogP contribution is 2.34. The van der Waals surface area contributed by atoms with Crippen LogP contribution in [0.2, 0.25) is 0 Å². The van der Waals surface area contributed by atoms with Gasteiger partial charge < -0.3 is 9.30 Å².